The van der Waals surface area contributed by atoms with Crippen molar-refractivity contribution in [1.82, 2.24) is 0 Å². The molecule has 0 unspecified atom stereocenters. The molecule has 0 bridgehead atoms. The second kappa shape index (κ2) is 6.26. The van der Waals surface area contributed by atoms with Crippen LogP contribution in [0.25, 0.3) is 32.9 Å². The van der Waals surface area contributed by atoms with Crippen LogP contribution in [0.2, 0.25) is 0 Å². The molecule has 1 aliphatic rings. The number of furan rings is 1. The fraction of sp³-hybridized carbons (Fsp3) is 0.304. The van der Waals surface area contributed by atoms with Crippen LogP contribution in [0.3, 0.4) is 0 Å². The van der Waals surface area contributed by atoms with E-state index in [1.165, 1.54) is 6.92 Å². The number of carbonyl (C=O) groups excluding carboxylic acids is 1. The van der Waals surface area contributed by atoms with Gasteiger partial charge in [0.1, 0.15) is 44.8 Å². The highest BCUT2D eigenvalue weighted by molar-refractivity contribution is 6.15. The predicted octanol–water partition coefficient (Wildman–Crippen LogP) is 4.73. The quantitative estimate of drug-likeness (QED) is 0.269. The number of methoxy groups -OCH3 is 1. The highest BCUT2D eigenvalue weighted by Crippen LogP contribution is 2.46. The van der Waals surface area contributed by atoms with Gasteiger partial charge in [0, 0.05) is 30.0 Å². The Hall–Kier alpha value is -3.48. The van der Waals surface area contributed by atoms with E-state index in [0.717, 1.165) is 18.4 Å². The Morgan fingerprint density at radius 3 is 2.63 bits per heavy atom. The van der Waals surface area contributed by atoms with Gasteiger partial charge in [-0.1, -0.05) is 0 Å². The Morgan fingerprint density at radius 2 is 1.90 bits per heavy atom. The Bertz CT molecular complexity index is 1400. The van der Waals surface area contributed by atoms with E-state index in [1.807, 2.05) is 13.8 Å². The SMILES string of the molecule is COc1c2c(cc3oc(=O)c4c5ccc(OC(C)=O)cc5oc4c13)OC(C)(C)CC2. The van der Waals surface area contributed by atoms with Gasteiger partial charge in [0.05, 0.1) is 7.11 Å². The van der Waals surface area contributed by atoms with Crippen LogP contribution in [0.5, 0.6) is 17.2 Å². The smallest absolute Gasteiger partial charge is 0.348 e. The van der Waals surface area contributed by atoms with Crippen molar-refractivity contribution in [3.05, 3.63) is 40.2 Å². The third-order valence-electron chi connectivity index (χ3n) is 5.43. The lowest BCUT2D eigenvalue weighted by Crippen LogP contribution is -2.32. The summed E-state index contributed by atoms with van der Waals surface area (Å²) in [5.74, 6) is 1.12. The number of ether oxygens (including phenoxy) is 3. The topological polar surface area (TPSA) is 88.1 Å². The van der Waals surface area contributed by atoms with E-state index in [2.05, 4.69) is 0 Å². The fourth-order valence-electron chi connectivity index (χ4n) is 4.11. The zero-order valence-corrected chi connectivity index (χ0v) is 17.1. The van der Waals surface area contributed by atoms with Gasteiger partial charge in [-0.2, -0.15) is 0 Å². The third-order valence-corrected chi connectivity index (χ3v) is 5.43. The normalized spacial score (nSPS) is 15.2. The van der Waals surface area contributed by atoms with E-state index >= 15 is 0 Å². The first-order valence-electron chi connectivity index (χ1n) is 9.68. The fourth-order valence-corrected chi connectivity index (χ4v) is 4.11. The maximum atomic E-state index is 12.8. The number of rotatable bonds is 2. The molecule has 2 aromatic carbocycles. The maximum Gasteiger partial charge on any atom is 0.348 e. The molecular formula is C23H20O7. The van der Waals surface area contributed by atoms with Crippen molar-refractivity contribution in [2.75, 3.05) is 7.11 Å². The lowest BCUT2D eigenvalue weighted by Gasteiger charge is -2.33. The monoisotopic (exact) mass is 408 g/mol. The van der Waals surface area contributed by atoms with Gasteiger partial charge in [0.25, 0.3) is 0 Å². The molecule has 0 radical (unpaired) electrons. The molecule has 0 N–H and O–H groups in total. The highest BCUT2D eigenvalue weighted by atomic mass is 16.5. The van der Waals surface area contributed by atoms with Crippen LogP contribution in [-0.2, 0) is 11.2 Å². The standard InChI is InChI=1S/C23H20O7/c1-11(24)27-12-5-6-13-15(9-12)28-21-18(13)22(25)29-17-10-16-14(20(26-4)19(17)21)7-8-23(2,3)30-16/h5-6,9-10H,7-8H2,1-4H3. The summed E-state index contributed by atoms with van der Waals surface area (Å²) in [4.78, 5) is 24.1. The molecule has 0 fully saturated rings. The van der Waals surface area contributed by atoms with Crippen molar-refractivity contribution in [2.45, 2.75) is 39.2 Å². The number of fused-ring (bicyclic) bond motifs is 6. The highest BCUT2D eigenvalue weighted by Gasteiger charge is 2.31. The summed E-state index contributed by atoms with van der Waals surface area (Å²) in [6, 6.07) is 6.60. The van der Waals surface area contributed by atoms with E-state index in [-0.39, 0.29) is 5.60 Å². The van der Waals surface area contributed by atoms with E-state index < -0.39 is 11.6 Å². The first-order chi connectivity index (χ1) is 14.3. The lowest BCUT2D eigenvalue weighted by atomic mass is 9.92. The molecule has 5 rings (SSSR count). The number of hydrogen-bond donors (Lipinski definition) is 0. The van der Waals surface area contributed by atoms with E-state index in [0.29, 0.717) is 50.2 Å². The minimum Gasteiger partial charge on any atom is -0.495 e. The minimum atomic E-state index is -0.520. The third kappa shape index (κ3) is 2.73. The summed E-state index contributed by atoms with van der Waals surface area (Å²) in [5.41, 5.74) is 1.21. The molecular weight excluding hydrogens is 388 g/mol. The van der Waals surface area contributed by atoms with Gasteiger partial charge in [0.15, 0.2) is 5.58 Å². The molecule has 0 spiro atoms. The molecule has 30 heavy (non-hydrogen) atoms. The van der Waals surface area contributed by atoms with Gasteiger partial charge in [-0.3, -0.25) is 4.79 Å². The summed E-state index contributed by atoms with van der Waals surface area (Å²) in [6.45, 7) is 5.36. The summed E-state index contributed by atoms with van der Waals surface area (Å²) in [5, 5.41) is 1.48. The van der Waals surface area contributed by atoms with Crippen LogP contribution in [0.1, 0.15) is 32.8 Å². The summed E-state index contributed by atoms with van der Waals surface area (Å²) in [7, 11) is 1.58. The van der Waals surface area contributed by atoms with Crippen molar-refractivity contribution < 1.29 is 27.8 Å². The second-order valence-electron chi connectivity index (χ2n) is 8.07. The molecule has 154 valence electrons. The molecule has 0 saturated carbocycles. The first kappa shape index (κ1) is 18.5. The van der Waals surface area contributed by atoms with Gasteiger partial charge < -0.3 is 23.0 Å². The van der Waals surface area contributed by atoms with Crippen LogP contribution < -0.4 is 19.8 Å². The number of hydrogen-bond acceptors (Lipinski definition) is 7. The molecule has 0 amide bonds. The Labute approximate surface area is 171 Å². The molecule has 0 aliphatic carbocycles. The summed E-state index contributed by atoms with van der Waals surface area (Å²) < 4.78 is 28.7. The number of carbonyl (C=O) groups is 1. The van der Waals surface area contributed by atoms with Crippen LogP contribution in [-0.4, -0.2) is 18.7 Å². The number of esters is 1. The summed E-state index contributed by atoms with van der Waals surface area (Å²) >= 11 is 0. The van der Waals surface area contributed by atoms with Gasteiger partial charge in [-0.05, 0) is 38.8 Å². The van der Waals surface area contributed by atoms with Crippen LogP contribution in [0.15, 0.2) is 37.9 Å². The first-order valence-corrected chi connectivity index (χ1v) is 9.68. The second-order valence-corrected chi connectivity index (χ2v) is 8.07. The molecule has 4 aromatic rings. The Balaban J connectivity index is 1.86. The van der Waals surface area contributed by atoms with Crippen molar-refractivity contribution in [2.24, 2.45) is 0 Å². The summed E-state index contributed by atoms with van der Waals surface area (Å²) in [6.07, 6.45) is 1.59. The molecule has 2 aromatic heterocycles. The zero-order chi connectivity index (χ0) is 21.2. The van der Waals surface area contributed by atoms with E-state index in [1.54, 1.807) is 31.4 Å². The zero-order valence-electron chi connectivity index (χ0n) is 17.1. The van der Waals surface area contributed by atoms with Crippen LogP contribution >= 0.6 is 0 Å². The average Bonchev–Trinajstić information content (AvgIpc) is 3.04. The Kier molecular flexibility index (Phi) is 3.87. The largest absolute Gasteiger partial charge is 0.495 e. The average molecular weight is 408 g/mol. The maximum absolute atomic E-state index is 12.8. The van der Waals surface area contributed by atoms with Crippen molar-refractivity contribution >= 4 is 38.9 Å². The van der Waals surface area contributed by atoms with Gasteiger partial charge in [0.2, 0.25) is 0 Å². The molecule has 7 nitrogen and oxygen atoms in total. The van der Waals surface area contributed by atoms with Crippen molar-refractivity contribution in [3.8, 4) is 17.2 Å². The van der Waals surface area contributed by atoms with E-state index in [4.69, 9.17) is 23.0 Å². The molecule has 3 heterocycles. The van der Waals surface area contributed by atoms with Crippen molar-refractivity contribution in [3.63, 3.8) is 0 Å². The lowest BCUT2D eigenvalue weighted by molar-refractivity contribution is -0.131. The van der Waals surface area contributed by atoms with Gasteiger partial charge in [-0.15, -0.1) is 0 Å². The molecule has 0 atom stereocenters. The molecule has 1 aliphatic heterocycles. The van der Waals surface area contributed by atoms with Crippen molar-refractivity contribution in [1.29, 1.82) is 0 Å². The molecule has 0 saturated heterocycles. The number of benzene rings is 2. The van der Waals surface area contributed by atoms with Crippen LogP contribution in [0, 0.1) is 0 Å². The predicted molar refractivity (Wildman–Crippen MR) is 111 cm³/mol. The minimum absolute atomic E-state index is 0.317. The van der Waals surface area contributed by atoms with Gasteiger partial charge in [-0.25, -0.2) is 4.79 Å². The van der Waals surface area contributed by atoms with E-state index in [9.17, 15) is 9.59 Å². The van der Waals surface area contributed by atoms with Gasteiger partial charge >= 0.3 is 11.6 Å². The Morgan fingerprint density at radius 1 is 1.10 bits per heavy atom. The van der Waals surface area contributed by atoms with Crippen LogP contribution in [0.4, 0.5) is 0 Å². The molecule has 7 heteroatoms.